The van der Waals surface area contributed by atoms with E-state index >= 15 is 0 Å². The molecule has 16 heavy (non-hydrogen) atoms. The van der Waals surface area contributed by atoms with Crippen molar-refractivity contribution < 1.29 is 4.79 Å². The van der Waals surface area contributed by atoms with Crippen LogP contribution in [0.5, 0.6) is 0 Å². The van der Waals surface area contributed by atoms with Crippen LogP contribution < -0.4 is 5.32 Å². The lowest BCUT2D eigenvalue weighted by Crippen LogP contribution is -2.37. The smallest absolute Gasteiger partial charge is 0.221 e. The second-order valence-electron chi connectivity index (χ2n) is 5.11. The molecule has 0 saturated heterocycles. The van der Waals surface area contributed by atoms with Crippen molar-refractivity contribution in [2.24, 2.45) is 11.8 Å². The molecule has 1 unspecified atom stereocenters. The second kappa shape index (κ2) is 6.52. The molecule has 0 spiro atoms. The van der Waals surface area contributed by atoms with Gasteiger partial charge in [-0.25, -0.2) is 0 Å². The predicted octanol–water partition coefficient (Wildman–Crippen LogP) is 2.62. The first kappa shape index (κ1) is 13.0. The number of nitrogens with zero attached hydrogens (tertiary/aromatic N) is 1. The van der Waals surface area contributed by atoms with Crippen LogP contribution in [0.2, 0.25) is 0 Å². The second-order valence-corrected chi connectivity index (χ2v) is 5.11. The van der Waals surface area contributed by atoms with Crippen molar-refractivity contribution in [1.82, 2.24) is 5.32 Å². The molecule has 1 rings (SSSR count). The molecule has 0 radical (unpaired) electrons. The summed E-state index contributed by atoms with van der Waals surface area (Å²) >= 11 is 0. The van der Waals surface area contributed by atoms with E-state index in [-0.39, 0.29) is 17.9 Å². The van der Waals surface area contributed by atoms with Gasteiger partial charge >= 0.3 is 0 Å². The number of nitrogens with one attached hydrogen (secondary N) is 1. The highest BCUT2D eigenvalue weighted by atomic mass is 16.1. The first-order valence-electron chi connectivity index (χ1n) is 6.32. The number of nitriles is 1. The van der Waals surface area contributed by atoms with Gasteiger partial charge in [0.05, 0.1) is 6.07 Å². The van der Waals surface area contributed by atoms with Gasteiger partial charge < -0.3 is 5.32 Å². The Bertz CT molecular complexity index is 262. The zero-order valence-corrected chi connectivity index (χ0v) is 10.3. The van der Waals surface area contributed by atoms with E-state index in [1.165, 1.54) is 25.7 Å². The van der Waals surface area contributed by atoms with Crippen LogP contribution in [0.25, 0.3) is 0 Å². The van der Waals surface area contributed by atoms with Gasteiger partial charge in [0, 0.05) is 6.42 Å². The van der Waals surface area contributed by atoms with Gasteiger partial charge in [-0.05, 0) is 18.3 Å². The maximum absolute atomic E-state index is 11.6. The van der Waals surface area contributed by atoms with Crippen molar-refractivity contribution in [1.29, 1.82) is 5.26 Å². The van der Waals surface area contributed by atoms with Crippen molar-refractivity contribution in [3.8, 4) is 6.07 Å². The van der Waals surface area contributed by atoms with Crippen LogP contribution in [0, 0.1) is 23.2 Å². The SMILES string of the molecule is CC(C)C(C#N)NC(=O)CCC1CCCC1. The molecule has 1 fully saturated rings. The summed E-state index contributed by atoms with van der Waals surface area (Å²) in [6.07, 6.45) is 6.76. The minimum absolute atomic E-state index is 0.0344. The molecule has 1 saturated carbocycles. The fourth-order valence-corrected chi connectivity index (χ4v) is 2.23. The third-order valence-corrected chi connectivity index (χ3v) is 3.38. The molecule has 3 heteroatoms. The van der Waals surface area contributed by atoms with Crippen LogP contribution in [0.4, 0.5) is 0 Å². The number of rotatable bonds is 5. The molecule has 1 aliphatic carbocycles. The predicted molar refractivity (Wildman–Crippen MR) is 63.6 cm³/mol. The summed E-state index contributed by atoms with van der Waals surface area (Å²) in [7, 11) is 0. The Balaban J connectivity index is 2.22. The molecule has 0 bridgehead atoms. The van der Waals surface area contributed by atoms with Gasteiger partial charge in [0.2, 0.25) is 5.91 Å². The molecular weight excluding hydrogens is 200 g/mol. The molecule has 3 nitrogen and oxygen atoms in total. The van der Waals surface area contributed by atoms with Gasteiger partial charge in [0.15, 0.2) is 0 Å². The van der Waals surface area contributed by atoms with Crippen LogP contribution in [0.15, 0.2) is 0 Å². The summed E-state index contributed by atoms with van der Waals surface area (Å²) in [4.78, 5) is 11.6. The van der Waals surface area contributed by atoms with Gasteiger partial charge in [-0.2, -0.15) is 5.26 Å². The summed E-state index contributed by atoms with van der Waals surface area (Å²) in [6, 6.07) is 1.79. The first-order valence-corrected chi connectivity index (χ1v) is 6.32. The van der Waals surface area contributed by atoms with Crippen LogP contribution in [-0.2, 0) is 4.79 Å². The van der Waals surface area contributed by atoms with E-state index in [2.05, 4.69) is 11.4 Å². The summed E-state index contributed by atoms with van der Waals surface area (Å²) in [5.74, 6) is 0.956. The Morgan fingerprint density at radius 2 is 2.06 bits per heavy atom. The lowest BCUT2D eigenvalue weighted by Gasteiger charge is -2.15. The minimum Gasteiger partial charge on any atom is -0.340 e. The van der Waals surface area contributed by atoms with Crippen molar-refractivity contribution in [3.63, 3.8) is 0 Å². The summed E-state index contributed by atoms with van der Waals surface area (Å²) in [5, 5.41) is 11.7. The summed E-state index contributed by atoms with van der Waals surface area (Å²) < 4.78 is 0. The van der Waals surface area contributed by atoms with Crippen molar-refractivity contribution in [3.05, 3.63) is 0 Å². The fourth-order valence-electron chi connectivity index (χ4n) is 2.23. The Morgan fingerprint density at radius 3 is 2.56 bits per heavy atom. The Kier molecular flexibility index (Phi) is 5.31. The summed E-state index contributed by atoms with van der Waals surface area (Å²) in [5.41, 5.74) is 0. The van der Waals surface area contributed by atoms with Gasteiger partial charge in [0.25, 0.3) is 0 Å². The Hall–Kier alpha value is -1.04. The van der Waals surface area contributed by atoms with E-state index in [0.717, 1.165) is 12.3 Å². The molecule has 1 atom stereocenters. The standard InChI is InChI=1S/C13H22N2O/c1-10(2)12(9-14)15-13(16)8-7-11-5-3-4-6-11/h10-12H,3-8H2,1-2H3,(H,15,16). The molecule has 1 amide bonds. The van der Waals surface area contributed by atoms with E-state index in [0.29, 0.717) is 6.42 Å². The number of carbonyl (C=O) groups is 1. The number of hydrogen-bond acceptors (Lipinski definition) is 2. The average molecular weight is 222 g/mol. The highest BCUT2D eigenvalue weighted by Crippen LogP contribution is 2.28. The molecule has 0 aromatic heterocycles. The largest absolute Gasteiger partial charge is 0.340 e. The van der Waals surface area contributed by atoms with Gasteiger partial charge in [-0.3, -0.25) is 4.79 Å². The zero-order chi connectivity index (χ0) is 12.0. The van der Waals surface area contributed by atoms with Crippen LogP contribution in [0.1, 0.15) is 52.4 Å². The van der Waals surface area contributed by atoms with Crippen molar-refractivity contribution in [2.45, 2.75) is 58.4 Å². The molecular formula is C13H22N2O. The molecule has 1 N–H and O–H groups in total. The third-order valence-electron chi connectivity index (χ3n) is 3.38. The third kappa shape index (κ3) is 4.22. The monoisotopic (exact) mass is 222 g/mol. The minimum atomic E-state index is -0.337. The molecule has 0 aromatic carbocycles. The van der Waals surface area contributed by atoms with Gasteiger partial charge in [0.1, 0.15) is 6.04 Å². The number of carbonyl (C=O) groups excluding carboxylic acids is 1. The quantitative estimate of drug-likeness (QED) is 0.777. The van der Waals surface area contributed by atoms with E-state index in [1.54, 1.807) is 0 Å². The first-order chi connectivity index (χ1) is 7.63. The molecule has 0 aromatic rings. The maximum atomic E-state index is 11.6. The average Bonchev–Trinajstić information content (AvgIpc) is 2.75. The van der Waals surface area contributed by atoms with E-state index in [1.807, 2.05) is 13.8 Å². The van der Waals surface area contributed by atoms with E-state index in [9.17, 15) is 4.79 Å². The van der Waals surface area contributed by atoms with Crippen LogP contribution in [0.3, 0.4) is 0 Å². The van der Waals surface area contributed by atoms with Gasteiger partial charge in [-0.1, -0.05) is 39.5 Å². The van der Waals surface area contributed by atoms with Crippen LogP contribution >= 0.6 is 0 Å². The molecule has 1 aliphatic rings. The fraction of sp³-hybridized carbons (Fsp3) is 0.846. The van der Waals surface area contributed by atoms with Gasteiger partial charge in [-0.15, -0.1) is 0 Å². The maximum Gasteiger partial charge on any atom is 0.221 e. The number of hydrogen-bond donors (Lipinski definition) is 1. The van der Waals surface area contributed by atoms with E-state index in [4.69, 9.17) is 5.26 Å². The Labute approximate surface area is 98.2 Å². The topological polar surface area (TPSA) is 52.9 Å². The van der Waals surface area contributed by atoms with Crippen molar-refractivity contribution in [2.75, 3.05) is 0 Å². The van der Waals surface area contributed by atoms with Crippen LogP contribution in [-0.4, -0.2) is 11.9 Å². The normalized spacial score (nSPS) is 18.4. The van der Waals surface area contributed by atoms with E-state index < -0.39 is 0 Å². The molecule has 0 aliphatic heterocycles. The molecule has 90 valence electrons. The highest BCUT2D eigenvalue weighted by molar-refractivity contribution is 5.76. The summed E-state index contributed by atoms with van der Waals surface area (Å²) in [6.45, 7) is 3.90. The lowest BCUT2D eigenvalue weighted by atomic mass is 10.0. The Morgan fingerprint density at radius 1 is 1.44 bits per heavy atom. The zero-order valence-electron chi connectivity index (χ0n) is 10.3. The highest BCUT2D eigenvalue weighted by Gasteiger charge is 2.18. The molecule has 0 heterocycles. The lowest BCUT2D eigenvalue weighted by molar-refractivity contribution is -0.122. The number of amides is 1. The van der Waals surface area contributed by atoms with Crippen molar-refractivity contribution >= 4 is 5.91 Å².